The Hall–Kier alpha value is -1.84. The number of ketones is 1. The molecule has 2 atom stereocenters. The fourth-order valence-corrected chi connectivity index (χ4v) is 2.86. The summed E-state index contributed by atoms with van der Waals surface area (Å²) in [5, 5.41) is 2.81. The topological polar surface area (TPSA) is 49.4 Å². The summed E-state index contributed by atoms with van der Waals surface area (Å²) in [7, 11) is 1.88. The first-order chi connectivity index (χ1) is 8.20. The summed E-state index contributed by atoms with van der Waals surface area (Å²) < 4.78 is 0. The number of nitrogens with zero attached hydrogens (tertiary/aromatic N) is 1. The molecule has 4 nitrogen and oxygen atoms in total. The second-order valence-corrected chi connectivity index (χ2v) is 4.60. The summed E-state index contributed by atoms with van der Waals surface area (Å²) in [6, 6.07) is 7.40. The number of benzene rings is 1. The summed E-state index contributed by atoms with van der Waals surface area (Å²) in [5.74, 6) is -0.177. The van der Waals surface area contributed by atoms with E-state index in [-0.39, 0.29) is 23.7 Å². The maximum atomic E-state index is 12.1. The molecular formula is C13H14N2O2. The first kappa shape index (κ1) is 10.3. The van der Waals surface area contributed by atoms with Gasteiger partial charge in [0, 0.05) is 25.7 Å². The Balaban J connectivity index is 2.15. The Morgan fingerprint density at radius 2 is 2.06 bits per heavy atom. The van der Waals surface area contributed by atoms with Gasteiger partial charge in [-0.2, -0.15) is 0 Å². The van der Waals surface area contributed by atoms with Crippen LogP contribution in [0.15, 0.2) is 24.3 Å². The number of para-hydroxylation sites is 1. The summed E-state index contributed by atoms with van der Waals surface area (Å²) in [6.45, 7) is 0.459. The van der Waals surface area contributed by atoms with Crippen LogP contribution in [0.4, 0.5) is 5.69 Å². The van der Waals surface area contributed by atoms with Crippen molar-refractivity contribution in [1.29, 1.82) is 0 Å². The zero-order valence-electron chi connectivity index (χ0n) is 9.64. The first-order valence-electron chi connectivity index (χ1n) is 5.82. The number of anilines is 1. The number of Topliss-reactive ketones (excluding diaryl/α,β-unsaturated/α-hetero) is 1. The largest absolute Gasteiger partial charge is 0.362 e. The second-order valence-electron chi connectivity index (χ2n) is 4.60. The lowest BCUT2D eigenvalue weighted by molar-refractivity contribution is -0.125. The minimum absolute atomic E-state index is 0.0421. The molecule has 0 aromatic heterocycles. The number of hydrogen-bond acceptors (Lipinski definition) is 3. The smallest absolute Gasteiger partial charge is 0.243 e. The van der Waals surface area contributed by atoms with E-state index in [0.29, 0.717) is 13.0 Å². The fourth-order valence-electron chi connectivity index (χ4n) is 2.86. The van der Waals surface area contributed by atoms with E-state index in [4.69, 9.17) is 0 Å². The van der Waals surface area contributed by atoms with Crippen molar-refractivity contribution in [2.75, 3.05) is 18.5 Å². The highest BCUT2D eigenvalue weighted by Gasteiger charge is 2.45. The Bertz CT molecular complexity index is 498. The van der Waals surface area contributed by atoms with Gasteiger partial charge in [0.25, 0.3) is 0 Å². The molecule has 1 amide bonds. The molecule has 0 radical (unpaired) electrons. The van der Waals surface area contributed by atoms with Gasteiger partial charge in [-0.1, -0.05) is 18.2 Å². The van der Waals surface area contributed by atoms with E-state index in [9.17, 15) is 9.59 Å². The van der Waals surface area contributed by atoms with Crippen molar-refractivity contribution in [3.05, 3.63) is 29.8 Å². The number of amides is 1. The number of nitrogens with one attached hydrogen (secondary N) is 1. The minimum atomic E-state index is -0.373. The molecule has 0 aliphatic carbocycles. The first-order valence-corrected chi connectivity index (χ1v) is 5.82. The van der Waals surface area contributed by atoms with Gasteiger partial charge in [-0.15, -0.1) is 0 Å². The van der Waals surface area contributed by atoms with E-state index in [1.165, 1.54) is 0 Å². The summed E-state index contributed by atoms with van der Waals surface area (Å²) in [5.41, 5.74) is 1.98. The number of likely N-dealkylation sites (N-methyl/N-ethyl adjacent to an activating group) is 1. The van der Waals surface area contributed by atoms with Crippen LogP contribution in [0.5, 0.6) is 0 Å². The lowest BCUT2D eigenvalue weighted by Crippen LogP contribution is -2.44. The molecule has 1 N–H and O–H groups in total. The molecule has 0 bridgehead atoms. The average Bonchev–Trinajstić information content (AvgIpc) is 2.54. The van der Waals surface area contributed by atoms with Crippen molar-refractivity contribution in [2.24, 2.45) is 0 Å². The van der Waals surface area contributed by atoms with Crippen molar-refractivity contribution in [2.45, 2.75) is 18.4 Å². The van der Waals surface area contributed by atoms with E-state index in [1.54, 1.807) is 0 Å². The second kappa shape index (κ2) is 3.58. The Morgan fingerprint density at radius 1 is 1.29 bits per heavy atom. The van der Waals surface area contributed by atoms with Gasteiger partial charge in [0.05, 0.1) is 5.92 Å². The SMILES string of the molecule is CN1c2ccccc2C2C(=O)CCNC(=O)C21. The van der Waals surface area contributed by atoms with Gasteiger partial charge in [-0.25, -0.2) is 0 Å². The Morgan fingerprint density at radius 3 is 2.88 bits per heavy atom. The summed E-state index contributed by atoms with van der Waals surface area (Å²) >= 11 is 0. The predicted molar refractivity (Wildman–Crippen MR) is 64.0 cm³/mol. The monoisotopic (exact) mass is 230 g/mol. The number of fused-ring (bicyclic) bond motifs is 3. The van der Waals surface area contributed by atoms with Gasteiger partial charge < -0.3 is 10.2 Å². The highest BCUT2D eigenvalue weighted by atomic mass is 16.2. The van der Waals surface area contributed by atoms with Crippen LogP contribution in [-0.4, -0.2) is 31.3 Å². The van der Waals surface area contributed by atoms with E-state index in [0.717, 1.165) is 11.3 Å². The van der Waals surface area contributed by atoms with E-state index < -0.39 is 0 Å². The molecule has 0 saturated carbocycles. The van der Waals surface area contributed by atoms with Crippen LogP contribution >= 0.6 is 0 Å². The van der Waals surface area contributed by atoms with E-state index >= 15 is 0 Å². The third-order valence-corrected chi connectivity index (χ3v) is 3.67. The van der Waals surface area contributed by atoms with Crippen molar-refractivity contribution in [3.8, 4) is 0 Å². The van der Waals surface area contributed by atoms with Crippen molar-refractivity contribution < 1.29 is 9.59 Å². The van der Waals surface area contributed by atoms with Crippen LogP contribution in [0, 0.1) is 0 Å². The average molecular weight is 230 g/mol. The molecule has 2 aliphatic heterocycles. The Labute approximate surface area is 99.6 Å². The number of carbonyl (C=O) groups is 2. The predicted octanol–water partition coefficient (Wildman–Crippen LogP) is 0.678. The van der Waals surface area contributed by atoms with Gasteiger partial charge in [0.15, 0.2) is 0 Å². The standard InChI is InChI=1S/C13H14N2O2/c1-15-9-5-3-2-4-8(9)11-10(16)6-7-14-13(17)12(11)15/h2-5,11-12H,6-7H2,1H3,(H,14,17). The maximum Gasteiger partial charge on any atom is 0.243 e. The van der Waals surface area contributed by atoms with Crippen molar-refractivity contribution in [3.63, 3.8) is 0 Å². The van der Waals surface area contributed by atoms with E-state index in [2.05, 4.69) is 5.32 Å². The summed E-state index contributed by atoms with van der Waals surface area (Å²) in [6.07, 6.45) is 0.426. The number of rotatable bonds is 0. The molecule has 2 aliphatic rings. The van der Waals surface area contributed by atoms with Crippen LogP contribution in [-0.2, 0) is 9.59 Å². The lowest BCUT2D eigenvalue weighted by Gasteiger charge is -2.22. The molecule has 2 unspecified atom stereocenters. The molecule has 0 spiro atoms. The molecule has 4 heteroatoms. The highest BCUT2D eigenvalue weighted by molar-refractivity contribution is 6.02. The van der Waals surface area contributed by atoms with Crippen LogP contribution in [0.2, 0.25) is 0 Å². The molecule has 1 fully saturated rings. The molecule has 2 heterocycles. The van der Waals surface area contributed by atoms with Crippen molar-refractivity contribution in [1.82, 2.24) is 5.32 Å². The van der Waals surface area contributed by atoms with Crippen LogP contribution in [0.3, 0.4) is 0 Å². The van der Waals surface area contributed by atoms with Gasteiger partial charge >= 0.3 is 0 Å². The zero-order valence-corrected chi connectivity index (χ0v) is 9.64. The third-order valence-electron chi connectivity index (χ3n) is 3.67. The molecule has 1 saturated heterocycles. The molecule has 3 rings (SSSR count). The lowest BCUT2D eigenvalue weighted by atomic mass is 9.90. The number of carbonyl (C=O) groups excluding carboxylic acids is 2. The minimum Gasteiger partial charge on any atom is -0.362 e. The zero-order chi connectivity index (χ0) is 12.0. The molecular weight excluding hydrogens is 216 g/mol. The van der Waals surface area contributed by atoms with Gasteiger partial charge in [0.2, 0.25) is 5.91 Å². The Kier molecular flexibility index (Phi) is 2.18. The number of hydrogen-bond donors (Lipinski definition) is 1. The molecule has 88 valence electrons. The fraction of sp³-hybridized carbons (Fsp3) is 0.385. The molecule has 1 aromatic carbocycles. The maximum absolute atomic E-state index is 12.1. The third kappa shape index (κ3) is 1.37. The molecule has 1 aromatic rings. The quantitative estimate of drug-likeness (QED) is 0.713. The van der Waals surface area contributed by atoms with Gasteiger partial charge in [-0.3, -0.25) is 9.59 Å². The van der Waals surface area contributed by atoms with Crippen molar-refractivity contribution >= 4 is 17.4 Å². The highest BCUT2D eigenvalue weighted by Crippen LogP contribution is 2.41. The van der Waals surface area contributed by atoms with Crippen LogP contribution in [0.1, 0.15) is 17.9 Å². The van der Waals surface area contributed by atoms with Crippen LogP contribution < -0.4 is 10.2 Å². The van der Waals surface area contributed by atoms with Gasteiger partial charge in [0.1, 0.15) is 11.8 Å². The molecule has 17 heavy (non-hydrogen) atoms. The normalized spacial score (nSPS) is 27.2. The van der Waals surface area contributed by atoms with E-state index in [1.807, 2.05) is 36.2 Å². The van der Waals surface area contributed by atoms with Gasteiger partial charge in [-0.05, 0) is 11.6 Å². The summed E-state index contributed by atoms with van der Waals surface area (Å²) in [4.78, 5) is 26.1. The van der Waals surface area contributed by atoms with Crippen LogP contribution in [0.25, 0.3) is 0 Å².